The van der Waals surface area contributed by atoms with Gasteiger partial charge in [0.25, 0.3) is 0 Å². The van der Waals surface area contributed by atoms with Crippen LogP contribution in [0.2, 0.25) is 0 Å². The van der Waals surface area contributed by atoms with Crippen molar-refractivity contribution in [3.8, 4) is 28.8 Å². The number of nitrogens with zero attached hydrogens (tertiary/aromatic N) is 7. The van der Waals surface area contributed by atoms with E-state index in [-0.39, 0.29) is 18.0 Å². The largest absolute Gasteiger partial charge is 0.507 e. The minimum atomic E-state index is 0.0456. The molecule has 4 heterocycles. The van der Waals surface area contributed by atoms with E-state index >= 15 is 0 Å². The fourth-order valence-corrected chi connectivity index (χ4v) is 5.69. The lowest BCUT2D eigenvalue weighted by Crippen LogP contribution is -2.42. The fourth-order valence-electron chi connectivity index (χ4n) is 5.69. The summed E-state index contributed by atoms with van der Waals surface area (Å²) >= 11 is 0. The number of nitrogen functional groups attached to an aromatic ring is 1. The summed E-state index contributed by atoms with van der Waals surface area (Å²) in [6, 6.07) is 21.3. The molecule has 0 radical (unpaired) electrons. The Labute approximate surface area is 252 Å². The molecule has 2 aliphatic rings. The number of ether oxygens (including phenoxy) is 1. The molecule has 3 N–H and O–H groups in total. The van der Waals surface area contributed by atoms with Crippen molar-refractivity contribution in [3.63, 3.8) is 0 Å². The van der Waals surface area contributed by atoms with Crippen LogP contribution in [-0.2, 0) is 4.74 Å². The molecule has 0 amide bonds. The van der Waals surface area contributed by atoms with Crippen LogP contribution in [0, 0.1) is 11.8 Å². The Morgan fingerprint density at radius 3 is 2.60 bits per heavy atom. The first-order valence-corrected chi connectivity index (χ1v) is 14.7. The van der Waals surface area contributed by atoms with Gasteiger partial charge >= 0.3 is 0 Å². The average molecular weight is 577 g/mol. The normalized spacial score (nSPS) is 19.4. The van der Waals surface area contributed by atoms with Crippen LogP contribution in [0.5, 0.6) is 5.75 Å². The second-order valence-corrected chi connectivity index (χ2v) is 10.9. The van der Waals surface area contributed by atoms with Gasteiger partial charge in [0.15, 0.2) is 5.82 Å². The number of phenolic OH excluding ortho intramolecular Hbond substituents is 1. The van der Waals surface area contributed by atoms with Gasteiger partial charge in [0.05, 0.1) is 30.1 Å². The van der Waals surface area contributed by atoms with E-state index in [1.807, 2.05) is 42.5 Å². The molecule has 2 aliphatic heterocycles. The van der Waals surface area contributed by atoms with Crippen LogP contribution in [-0.4, -0.2) is 82.1 Å². The van der Waals surface area contributed by atoms with Crippen molar-refractivity contribution in [1.29, 1.82) is 0 Å². The van der Waals surface area contributed by atoms with Gasteiger partial charge < -0.3 is 25.4 Å². The zero-order valence-corrected chi connectivity index (χ0v) is 24.3. The topological polar surface area (TPSA) is 117 Å². The summed E-state index contributed by atoms with van der Waals surface area (Å²) < 4.78 is 6.19. The zero-order valence-electron chi connectivity index (χ0n) is 24.3. The minimum Gasteiger partial charge on any atom is -0.507 e. The molecule has 2 aromatic heterocycles. The van der Waals surface area contributed by atoms with Crippen LogP contribution in [0.15, 0.2) is 72.9 Å². The van der Waals surface area contributed by atoms with Crippen molar-refractivity contribution in [2.45, 2.75) is 25.6 Å². The van der Waals surface area contributed by atoms with Crippen LogP contribution in [0.25, 0.3) is 11.3 Å². The number of para-hydroxylation sites is 1. The highest BCUT2D eigenvalue weighted by Gasteiger charge is 2.26. The van der Waals surface area contributed by atoms with Crippen molar-refractivity contribution in [2.75, 3.05) is 61.3 Å². The SMILES string of the molecule is C[C@@H]1CN(CC#Cc2nccc(N3CCCN(c4cc(-c5ccccc5O)nnc4N)CC3)n2)C[C@H](c2ccccc2)O1. The number of hydrogen-bond donors (Lipinski definition) is 2. The molecule has 0 unspecified atom stereocenters. The van der Waals surface area contributed by atoms with Crippen LogP contribution in [0.4, 0.5) is 17.3 Å². The van der Waals surface area contributed by atoms with Gasteiger partial charge in [-0.25, -0.2) is 9.97 Å². The van der Waals surface area contributed by atoms with E-state index in [1.165, 1.54) is 5.56 Å². The van der Waals surface area contributed by atoms with E-state index in [0.717, 1.165) is 57.2 Å². The number of rotatable bonds is 5. The standard InChI is InChI=1S/C33H36N8O2/c1-24-22-39(23-30(43-24)25-9-3-2-4-10-25)16-7-13-31-35-15-14-32(36-31)41-18-8-17-40(19-20-41)28-21-27(37-38-33(28)34)26-11-5-6-12-29(26)42/h2-6,9-12,14-15,21,24,30,42H,8,16-20,22-23H2,1H3,(H2,34,38)/t24-,30-/m1/s1. The number of phenols is 1. The lowest BCUT2D eigenvalue weighted by atomic mass is 10.1. The third-order valence-electron chi connectivity index (χ3n) is 7.79. The van der Waals surface area contributed by atoms with Crippen molar-refractivity contribution in [1.82, 2.24) is 25.1 Å². The van der Waals surface area contributed by atoms with Gasteiger partial charge in [0.1, 0.15) is 11.6 Å². The van der Waals surface area contributed by atoms with Crippen LogP contribution < -0.4 is 15.5 Å². The molecule has 0 bridgehead atoms. The molecule has 2 saturated heterocycles. The molecule has 2 atom stereocenters. The molecule has 0 spiro atoms. The fraction of sp³-hybridized carbons (Fsp3) is 0.333. The summed E-state index contributed by atoms with van der Waals surface area (Å²) in [5.74, 6) is 8.39. The van der Waals surface area contributed by atoms with Crippen molar-refractivity contribution in [2.24, 2.45) is 0 Å². The molecule has 2 aromatic carbocycles. The van der Waals surface area contributed by atoms with Crippen molar-refractivity contribution >= 4 is 17.3 Å². The highest BCUT2D eigenvalue weighted by molar-refractivity contribution is 5.74. The Morgan fingerprint density at radius 1 is 0.953 bits per heavy atom. The highest BCUT2D eigenvalue weighted by Crippen LogP contribution is 2.32. The summed E-state index contributed by atoms with van der Waals surface area (Å²) in [5.41, 5.74) is 9.48. The van der Waals surface area contributed by atoms with Gasteiger partial charge in [-0.05, 0) is 49.1 Å². The third-order valence-corrected chi connectivity index (χ3v) is 7.79. The molecule has 0 aliphatic carbocycles. The maximum atomic E-state index is 10.3. The molecule has 10 heteroatoms. The summed E-state index contributed by atoms with van der Waals surface area (Å²) in [6.45, 7) is 7.53. The van der Waals surface area contributed by atoms with Gasteiger partial charge in [0.2, 0.25) is 5.82 Å². The van der Waals surface area contributed by atoms with E-state index in [0.29, 0.717) is 29.4 Å². The summed E-state index contributed by atoms with van der Waals surface area (Å²) in [5, 5.41) is 18.7. The first kappa shape index (κ1) is 28.4. The Morgan fingerprint density at radius 2 is 1.74 bits per heavy atom. The first-order valence-electron chi connectivity index (χ1n) is 14.7. The van der Waals surface area contributed by atoms with Gasteiger partial charge in [-0.1, -0.05) is 48.4 Å². The maximum absolute atomic E-state index is 10.3. The molecule has 6 rings (SSSR count). The summed E-state index contributed by atoms with van der Waals surface area (Å²) in [7, 11) is 0. The van der Waals surface area contributed by atoms with Crippen LogP contribution >= 0.6 is 0 Å². The van der Waals surface area contributed by atoms with Gasteiger partial charge in [-0.2, -0.15) is 0 Å². The number of morpholine rings is 1. The van der Waals surface area contributed by atoms with E-state index in [2.05, 4.69) is 60.8 Å². The van der Waals surface area contributed by atoms with Crippen LogP contribution in [0.3, 0.4) is 0 Å². The van der Waals surface area contributed by atoms with E-state index in [1.54, 1.807) is 18.3 Å². The van der Waals surface area contributed by atoms with Crippen LogP contribution in [0.1, 0.15) is 30.8 Å². The summed E-state index contributed by atoms with van der Waals surface area (Å²) in [6.07, 6.45) is 2.87. The zero-order chi connectivity index (χ0) is 29.6. The quantitative estimate of drug-likeness (QED) is 0.340. The third kappa shape index (κ3) is 6.85. The highest BCUT2D eigenvalue weighted by atomic mass is 16.5. The summed E-state index contributed by atoms with van der Waals surface area (Å²) in [4.78, 5) is 16.0. The number of aromatic hydroxyl groups is 1. The molecular formula is C33H36N8O2. The number of nitrogens with two attached hydrogens (primary N) is 1. The number of aromatic nitrogens is 4. The Kier molecular flexibility index (Phi) is 8.63. The minimum absolute atomic E-state index is 0.0456. The second kappa shape index (κ2) is 13.1. The predicted molar refractivity (Wildman–Crippen MR) is 168 cm³/mol. The van der Waals surface area contributed by atoms with E-state index < -0.39 is 0 Å². The number of anilines is 3. The van der Waals surface area contributed by atoms with Gasteiger partial charge in [-0.3, -0.25) is 4.90 Å². The van der Waals surface area contributed by atoms with Crippen molar-refractivity contribution in [3.05, 3.63) is 84.3 Å². The molecule has 43 heavy (non-hydrogen) atoms. The molecule has 10 nitrogen and oxygen atoms in total. The number of benzene rings is 2. The first-order chi connectivity index (χ1) is 21.0. The lowest BCUT2D eigenvalue weighted by Gasteiger charge is -2.36. The second-order valence-electron chi connectivity index (χ2n) is 10.9. The number of hydrogen-bond acceptors (Lipinski definition) is 10. The average Bonchev–Trinajstić information content (AvgIpc) is 3.29. The Bertz CT molecular complexity index is 1610. The van der Waals surface area contributed by atoms with E-state index in [4.69, 9.17) is 15.5 Å². The Hall–Kier alpha value is -4.72. The predicted octanol–water partition coefficient (Wildman–Crippen LogP) is 3.75. The molecular weight excluding hydrogens is 540 g/mol. The van der Waals surface area contributed by atoms with Crippen molar-refractivity contribution < 1.29 is 9.84 Å². The van der Waals surface area contributed by atoms with Gasteiger partial charge in [-0.15, -0.1) is 10.2 Å². The molecule has 2 fully saturated rings. The monoisotopic (exact) mass is 576 g/mol. The lowest BCUT2D eigenvalue weighted by molar-refractivity contribution is -0.0752. The van der Waals surface area contributed by atoms with E-state index in [9.17, 15) is 5.11 Å². The Balaban J connectivity index is 1.10. The smallest absolute Gasteiger partial charge is 0.206 e. The van der Waals surface area contributed by atoms with Gasteiger partial charge in [0, 0.05) is 51.0 Å². The molecule has 4 aromatic rings. The molecule has 220 valence electrons. The maximum Gasteiger partial charge on any atom is 0.206 e. The molecule has 0 saturated carbocycles.